The third-order valence-corrected chi connectivity index (χ3v) is 3.52. The van der Waals surface area contributed by atoms with E-state index in [1.54, 1.807) is 0 Å². The lowest BCUT2D eigenvalue weighted by Crippen LogP contribution is -2.50. The van der Waals surface area contributed by atoms with E-state index in [0.717, 1.165) is 11.6 Å². The zero-order valence-electron chi connectivity index (χ0n) is 10.9. The van der Waals surface area contributed by atoms with E-state index in [0.29, 0.717) is 6.61 Å². The van der Waals surface area contributed by atoms with E-state index >= 15 is 0 Å². The minimum Gasteiger partial charge on any atom is -0.486 e. The summed E-state index contributed by atoms with van der Waals surface area (Å²) in [6.45, 7) is 9.08. The summed E-state index contributed by atoms with van der Waals surface area (Å²) >= 11 is 0. The number of rotatable bonds is 3. The molecule has 0 bridgehead atoms. The summed E-state index contributed by atoms with van der Waals surface area (Å²) in [6.07, 6.45) is 0. The summed E-state index contributed by atoms with van der Waals surface area (Å²) in [5, 5.41) is 3.42. The SMILES string of the molecule is CC1(C)N=C(COc2ccccc2)NC1(C)C. The zero-order valence-corrected chi connectivity index (χ0v) is 10.9. The number of benzene rings is 1. The van der Waals surface area contributed by atoms with E-state index in [1.165, 1.54) is 0 Å². The molecule has 92 valence electrons. The molecule has 2 rings (SSSR count). The minimum atomic E-state index is -0.0949. The van der Waals surface area contributed by atoms with E-state index < -0.39 is 0 Å². The lowest BCUT2D eigenvalue weighted by atomic mass is 9.85. The first-order valence-electron chi connectivity index (χ1n) is 5.95. The molecular formula is C14H20N2O. The Bertz CT molecular complexity index is 421. The van der Waals surface area contributed by atoms with Gasteiger partial charge >= 0.3 is 0 Å². The number of amidine groups is 1. The lowest BCUT2D eigenvalue weighted by molar-refractivity contribution is 0.307. The van der Waals surface area contributed by atoms with E-state index in [-0.39, 0.29) is 11.1 Å². The van der Waals surface area contributed by atoms with E-state index in [9.17, 15) is 0 Å². The topological polar surface area (TPSA) is 33.6 Å². The molecule has 1 aliphatic rings. The van der Waals surface area contributed by atoms with Crippen molar-refractivity contribution in [2.75, 3.05) is 6.61 Å². The number of hydrogen-bond acceptors (Lipinski definition) is 3. The Morgan fingerprint density at radius 1 is 1.12 bits per heavy atom. The van der Waals surface area contributed by atoms with E-state index in [1.807, 2.05) is 30.3 Å². The Kier molecular flexibility index (Phi) is 2.86. The van der Waals surface area contributed by atoms with Crippen LogP contribution < -0.4 is 10.1 Å². The van der Waals surface area contributed by atoms with Gasteiger partial charge in [0.05, 0.1) is 11.1 Å². The summed E-state index contributed by atoms with van der Waals surface area (Å²) in [5.74, 6) is 1.79. The molecule has 0 spiro atoms. The third kappa shape index (κ3) is 2.43. The summed E-state index contributed by atoms with van der Waals surface area (Å²) in [6, 6.07) is 9.81. The van der Waals surface area contributed by atoms with Crippen LogP contribution in [0.4, 0.5) is 0 Å². The van der Waals surface area contributed by atoms with Crippen LogP contribution in [0.3, 0.4) is 0 Å². The number of para-hydroxylation sites is 1. The monoisotopic (exact) mass is 232 g/mol. The van der Waals surface area contributed by atoms with Crippen molar-refractivity contribution < 1.29 is 4.74 Å². The van der Waals surface area contributed by atoms with Crippen LogP contribution in [0.15, 0.2) is 35.3 Å². The van der Waals surface area contributed by atoms with Gasteiger partial charge < -0.3 is 10.1 Å². The van der Waals surface area contributed by atoms with Crippen LogP contribution in [0.1, 0.15) is 27.7 Å². The van der Waals surface area contributed by atoms with Gasteiger partial charge in [-0.15, -0.1) is 0 Å². The van der Waals surface area contributed by atoms with Gasteiger partial charge in [-0.3, -0.25) is 4.99 Å². The first-order valence-corrected chi connectivity index (χ1v) is 5.95. The fourth-order valence-corrected chi connectivity index (χ4v) is 1.76. The first kappa shape index (κ1) is 12.0. The summed E-state index contributed by atoms with van der Waals surface area (Å²) in [5.41, 5.74) is -0.120. The molecule has 0 amide bonds. The van der Waals surface area contributed by atoms with Crippen LogP contribution in [-0.2, 0) is 0 Å². The number of ether oxygens (including phenoxy) is 1. The largest absolute Gasteiger partial charge is 0.486 e. The van der Waals surface area contributed by atoms with Crippen molar-refractivity contribution in [3.8, 4) is 5.75 Å². The highest BCUT2D eigenvalue weighted by atomic mass is 16.5. The number of nitrogens with one attached hydrogen (secondary N) is 1. The highest BCUT2D eigenvalue weighted by Crippen LogP contribution is 2.29. The predicted octanol–water partition coefficient (Wildman–Crippen LogP) is 2.62. The van der Waals surface area contributed by atoms with Gasteiger partial charge in [0.15, 0.2) is 0 Å². The van der Waals surface area contributed by atoms with Crippen molar-refractivity contribution in [2.45, 2.75) is 38.8 Å². The molecule has 1 aliphatic heterocycles. The first-order chi connectivity index (χ1) is 7.91. The molecule has 0 unspecified atom stereocenters. The molecule has 1 heterocycles. The summed E-state index contributed by atoms with van der Waals surface area (Å²) in [7, 11) is 0. The second kappa shape index (κ2) is 4.06. The third-order valence-electron chi connectivity index (χ3n) is 3.52. The fraction of sp³-hybridized carbons (Fsp3) is 0.500. The molecule has 1 N–H and O–H groups in total. The Hall–Kier alpha value is -1.51. The second-order valence-electron chi connectivity index (χ2n) is 5.47. The molecule has 0 aliphatic carbocycles. The van der Waals surface area contributed by atoms with Crippen molar-refractivity contribution in [2.24, 2.45) is 4.99 Å². The smallest absolute Gasteiger partial charge is 0.145 e. The van der Waals surface area contributed by atoms with Crippen LogP contribution in [0.2, 0.25) is 0 Å². The normalized spacial score (nSPS) is 20.6. The van der Waals surface area contributed by atoms with Gasteiger partial charge in [-0.1, -0.05) is 18.2 Å². The van der Waals surface area contributed by atoms with Crippen LogP contribution in [-0.4, -0.2) is 23.5 Å². The molecule has 3 nitrogen and oxygen atoms in total. The van der Waals surface area contributed by atoms with Crippen molar-refractivity contribution in [3.05, 3.63) is 30.3 Å². The molecule has 0 aromatic heterocycles. The maximum atomic E-state index is 5.68. The lowest BCUT2D eigenvalue weighted by Gasteiger charge is -2.32. The van der Waals surface area contributed by atoms with E-state index in [4.69, 9.17) is 4.74 Å². The number of aliphatic imine (C=N–C) groups is 1. The standard InChI is InChI=1S/C14H20N2O/c1-13(2)14(3,4)16-12(15-13)10-17-11-8-6-5-7-9-11/h5-9H,10H2,1-4H3,(H,15,16). The van der Waals surface area contributed by atoms with Gasteiger partial charge in [0, 0.05) is 0 Å². The quantitative estimate of drug-likeness (QED) is 0.869. The molecular weight excluding hydrogens is 212 g/mol. The zero-order chi connectivity index (χ0) is 12.5. The Morgan fingerprint density at radius 3 is 2.29 bits per heavy atom. The number of nitrogens with zero attached hydrogens (tertiary/aromatic N) is 1. The summed E-state index contributed by atoms with van der Waals surface area (Å²) in [4.78, 5) is 4.67. The molecule has 0 atom stereocenters. The fourth-order valence-electron chi connectivity index (χ4n) is 1.76. The molecule has 1 aromatic rings. The van der Waals surface area contributed by atoms with Gasteiger partial charge in [-0.25, -0.2) is 0 Å². The molecule has 0 fully saturated rings. The molecule has 17 heavy (non-hydrogen) atoms. The van der Waals surface area contributed by atoms with Crippen LogP contribution >= 0.6 is 0 Å². The minimum absolute atomic E-state index is 0.0254. The second-order valence-corrected chi connectivity index (χ2v) is 5.47. The van der Waals surface area contributed by atoms with Gasteiger partial charge in [0.1, 0.15) is 18.2 Å². The van der Waals surface area contributed by atoms with Gasteiger partial charge in [0.25, 0.3) is 0 Å². The summed E-state index contributed by atoms with van der Waals surface area (Å²) < 4.78 is 5.68. The van der Waals surface area contributed by atoms with Gasteiger partial charge in [0.2, 0.25) is 0 Å². The van der Waals surface area contributed by atoms with Crippen LogP contribution in [0.25, 0.3) is 0 Å². The van der Waals surface area contributed by atoms with E-state index in [2.05, 4.69) is 38.0 Å². The molecule has 3 heteroatoms. The Morgan fingerprint density at radius 2 is 1.76 bits per heavy atom. The molecule has 1 aromatic carbocycles. The van der Waals surface area contributed by atoms with Crippen molar-refractivity contribution in [1.82, 2.24) is 5.32 Å². The maximum Gasteiger partial charge on any atom is 0.145 e. The van der Waals surface area contributed by atoms with Crippen molar-refractivity contribution >= 4 is 5.84 Å². The Labute approximate surface area is 103 Å². The van der Waals surface area contributed by atoms with Crippen molar-refractivity contribution in [1.29, 1.82) is 0 Å². The molecule has 0 saturated carbocycles. The van der Waals surface area contributed by atoms with Gasteiger partial charge in [-0.2, -0.15) is 0 Å². The number of hydrogen-bond donors (Lipinski definition) is 1. The average molecular weight is 232 g/mol. The predicted molar refractivity (Wildman–Crippen MR) is 70.7 cm³/mol. The van der Waals surface area contributed by atoms with Crippen LogP contribution in [0.5, 0.6) is 5.75 Å². The maximum absolute atomic E-state index is 5.68. The highest BCUT2D eigenvalue weighted by Gasteiger charge is 2.42. The van der Waals surface area contributed by atoms with Gasteiger partial charge in [-0.05, 0) is 39.8 Å². The van der Waals surface area contributed by atoms with Crippen molar-refractivity contribution in [3.63, 3.8) is 0 Å². The average Bonchev–Trinajstić information content (AvgIpc) is 2.46. The highest BCUT2D eigenvalue weighted by molar-refractivity contribution is 5.87. The Balaban J connectivity index is 1.99. The molecule has 0 saturated heterocycles. The van der Waals surface area contributed by atoms with Crippen LogP contribution in [0, 0.1) is 0 Å². The molecule has 0 radical (unpaired) electrons.